The zero-order valence-electron chi connectivity index (χ0n) is 55.9. The first-order chi connectivity index (χ1) is 51.3. The molecule has 0 spiro atoms. The van der Waals surface area contributed by atoms with Crippen molar-refractivity contribution in [3.63, 3.8) is 0 Å². The monoisotopic (exact) mass is 1720 g/mol. The van der Waals surface area contributed by atoms with Gasteiger partial charge in [0, 0.05) is 66.0 Å². The molecule has 14 unspecified atom stereocenters. The molecule has 12 N–H and O–H groups in total. The molecule has 0 aliphatic carbocycles. The lowest BCUT2D eigenvalue weighted by Crippen LogP contribution is -2.69. The van der Waals surface area contributed by atoms with Gasteiger partial charge in [0.2, 0.25) is 5.91 Å². The molecule has 52 nitrogen and oxygen atoms in total. The third kappa shape index (κ3) is 26.1. The topological polar surface area (TPSA) is 650 Å². The molecule has 107 heavy (non-hydrogen) atoms. The lowest BCUT2D eigenvalue weighted by atomic mass is 9.88. The van der Waals surface area contributed by atoms with E-state index < -0.39 is 212 Å². The summed E-state index contributed by atoms with van der Waals surface area (Å²) in [4.78, 5) is 53.3. The maximum absolute atomic E-state index is 13.9. The Morgan fingerprint density at radius 2 is 0.907 bits per heavy atom. The summed E-state index contributed by atoms with van der Waals surface area (Å²) in [5.74, 6) is -4.57. The van der Waals surface area contributed by atoms with Crippen LogP contribution in [-0.2, 0) is 182 Å². The molecule has 28 atom stereocenters. The van der Waals surface area contributed by atoms with Crippen LogP contribution in [0.4, 0.5) is 4.79 Å². The first kappa shape index (κ1) is 92.3. The highest BCUT2D eigenvalue weighted by Crippen LogP contribution is 2.43. The molecule has 7 fully saturated rings. The summed E-state index contributed by atoms with van der Waals surface area (Å²) < 4.78 is 219. The third-order valence-electron chi connectivity index (χ3n) is 16.8. The number of urea groups is 1. The Bertz CT molecular complexity index is 2910. The molecule has 7 aliphatic heterocycles. The van der Waals surface area contributed by atoms with Crippen molar-refractivity contribution in [3.05, 3.63) is 0 Å². The molecule has 622 valence electrons. The van der Waals surface area contributed by atoms with Crippen LogP contribution < -0.4 is 16.0 Å². The smallest absolute Gasteiger partial charge is 0.397 e. The van der Waals surface area contributed by atoms with Crippen molar-refractivity contribution in [2.75, 3.05) is 68.2 Å². The number of ether oxygens (including phenoxy) is 15. The fourth-order valence-electron chi connectivity index (χ4n) is 12.5. The molecule has 7 rings (SSSR count). The van der Waals surface area contributed by atoms with Crippen molar-refractivity contribution < 1.29 is 229 Å². The van der Waals surface area contributed by atoms with Gasteiger partial charge in [0.15, 0.2) is 117 Å². The van der Waals surface area contributed by atoms with Crippen LogP contribution >= 0.6 is 73.4 Å². The number of amides is 3. The highest BCUT2D eigenvalue weighted by Gasteiger charge is 2.62. The molecule has 7 saturated heterocycles. The summed E-state index contributed by atoms with van der Waals surface area (Å²) in [6.45, 7) is -1.47. The number of carboxylic acid groups (broad SMARTS) is 2. The molecular formula is C47H77N3O49S8. The number of methoxy groups -OCH3 is 6. The second kappa shape index (κ2) is 46.0. The van der Waals surface area contributed by atoms with E-state index in [1.54, 1.807) is 18.7 Å². The van der Waals surface area contributed by atoms with Gasteiger partial charge < -0.3 is 97.2 Å². The average Bonchev–Trinajstić information content (AvgIpc) is 1.50. The molecule has 0 aromatic heterocycles. The van der Waals surface area contributed by atoms with Gasteiger partial charge in [0.05, 0.1) is 44.1 Å². The van der Waals surface area contributed by atoms with Crippen LogP contribution in [-0.4, -0.2) is 319 Å². The normalized spacial score (nSPS) is 36.9. The maximum Gasteiger partial charge on any atom is 0.397 e. The van der Waals surface area contributed by atoms with Crippen molar-refractivity contribution in [1.29, 1.82) is 0 Å². The Morgan fingerprint density at radius 3 is 1.36 bits per heavy atom. The number of aliphatic carboxylic acids is 2. The van der Waals surface area contributed by atoms with Crippen LogP contribution in [0.1, 0.15) is 32.6 Å². The first-order valence-electron chi connectivity index (χ1n) is 30.5. The molecule has 7 heterocycles. The molecule has 0 aromatic carbocycles. The van der Waals surface area contributed by atoms with E-state index in [2.05, 4.69) is 67.0 Å². The number of hydrogen-bond acceptors (Lipinski definition) is 51. The van der Waals surface area contributed by atoms with E-state index in [-0.39, 0.29) is 91.4 Å². The number of carbonyl (C=O) groups excluding carboxylic acids is 2. The first-order valence-corrected chi connectivity index (χ1v) is 37.6. The quantitative estimate of drug-likeness (QED) is 0.00869. The van der Waals surface area contributed by atoms with Crippen LogP contribution in [0.5, 0.6) is 0 Å². The lowest BCUT2D eigenvalue weighted by Gasteiger charge is -2.51. The van der Waals surface area contributed by atoms with Gasteiger partial charge in [-0.2, -0.15) is 28.6 Å². The summed E-state index contributed by atoms with van der Waals surface area (Å²) in [5, 5.41) is 94.0. The largest absolute Gasteiger partial charge is 0.479 e. The Morgan fingerprint density at radius 1 is 0.495 bits per heavy atom. The van der Waals surface area contributed by atoms with Gasteiger partial charge in [-0.05, 0) is 12.8 Å². The van der Waals surface area contributed by atoms with Crippen LogP contribution in [0.2, 0.25) is 0 Å². The number of carboxylic acids is 2. The number of rotatable bonds is 49. The standard InChI is InChI=1S/C47H77N3O49S8/c1-16-23(49-22(51)11-9-8-10-21-24-17(15-100-21)48-47(56)50-24)42(77-19(25(16)68-2)13-75-106(62,63)64)82-30-28(69-3)36(71-5)45(84-34(30)40(52)53)81-27-20(14-76-107(65,66)67)79-46(39(89-105-99-94-61)33(27)87-103-97-92-59)83-31-29(70-4)37(72-6)44(85-35(31)41(54)55)80-26-18(12-74-101-95-90-57)78-43(73-7)38(88-104-98-93-60)32(26)86-102-96-91-58/h16-21,23-39,42-46,57-61H,8-15H2,1-7H3,(H,49,51)(H,52,53)(H,54,55)(H2,48,50,56)(H,62,63,64)(H,65,66,67)/t16-,17?,18?,19?,20+,21?,23?,24?,25?,26-,27-,28+,29?,30+,31+,32+,33?,34?,35-,36?,37?,38?,39?,42+,43+,44+,45-,46-/m1/s1. The number of hydrogen-bond donors (Lipinski definition) is 12. The Hall–Kier alpha value is -1.88. The maximum atomic E-state index is 13.9. The van der Waals surface area contributed by atoms with Crippen molar-refractivity contribution in [3.8, 4) is 0 Å². The number of nitrogens with one attached hydrogen (secondary N) is 3. The zero-order valence-corrected chi connectivity index (χ0v) is 62.5. The summed E-state index contributed by atoms with van der Waals surface area (Å²) in [7, 11) is -4.26. The fraction of sp³-hybridized carbons (Fsp3) is 0.915. The van der Waals surface area contributed by atoms with Gasteiger partial charge in [-0.3, -0.25) is 34.8 Å². The van der Waals surface area contributed by atoms with Crippen LogP contribution in [0.3, 0.4) is 0 Å². The van der Waals surface area contributed by atoms with E-state index in [1.165, 1.54) is 7.11 Å². The molecular weight excluding hydrogens is 1650 g/mol. The molecule has 3 amide bonds. The van der Waals surface area contributed by atoms with Gasteiger partial charge in [-0.15, -0.1) is 21.7 Å². The summed E-state index contributed by atoms with van der Waals surface area (Å²) in [5.41, 5.74) is 0. The number of unbranched alkanes of at least 4 members (excludes halogenated alkanes) is 1. The molecule has 0 aromatic rings. The second-order valence-electron chi connectivity index (χ2n) is 22.6. The van der Waals surface area contributed by atoms with Gasteiger partial charge in [-0.1, -0.05) is 38.5 Å². The molecule has 0 radical (unpaired) electrons. The van der Waals surface area contributed by atoms with E-state index in [9.17, 15) is 65.8 Å². The SMILES string of the molecule is COC1C(OC)[C@H](O[C@H]2O[C@@H](COS(=O)(=O)O)[C@@H](O[C@@H]3OC(C(=O)O)[C@@H](O[C@@H]4OC(COS(=O)(=O)O)C(OC)[C@H](C)C4NC(=O)CCCCC4SCC5NC(=O)NC54)[C@H](OC)C3OC)C(OSOOO)C2OSOOO)[C@H](C(=O)O)O[C@@H]1O[C@@H]1C(COSOOO)O[C@H](OC)C(OSOOO)[C@H]1OSOOO. The zero-order chi connectivity index (χ0) is 78.1. The predicted molar refractivity (Wildman–Crippen MR) is 337 cm³/mol. The van der Waals surface area contributed by atoms with E-state index >= 15 is 0 Å². The summed E-state index contributed by atoms with van der Waals surface area (Å²) in [6.07, 6.45) is -42.5. The minimum atomic E-state index is -5.55. The Labute approximate surface area is 631 Å². The van der Waals surface area contributed by atoms with E-state index in [0.29, 0.717) is 25.0 Å². The van der Waals surface area contributed by atoms with Crippen LogP contribution in [0.15, 0.2) is 0 Å². The Kier molecular flexibility index (Phi) is 39.7. The van der Waals surface area contributed by atoms with Crippen molar-refractivity contribution >= 4 is 118 Å². The minimum absolute atomic E-state index is 0.0308. The van der Waals surface area contributed by atoms with Gasteiger partial charge in [0.25, 0.3) is 0 Å². The van der Waals surface area contributed by atoms with Gasteiger partial charge in [-0.25, -0.2) is 49.0 Å². The van der Waals surface area contributed by atoms with Crippen molar-refractivity contribution in [1.82, 2.24) is 16.0 Å². The lowest BCUT2D eigenvalue weighted by molar-refractivity contribution is -0.437. The molecule has 0 saturated carbocycles. The van der Waals surface area contributed by atoms with E-state index in [4.69, 9.17) is 112 Å². The van der Waals surface area contributed by atoms with Crippen LogP contribution in [0, 0.1) is 5.92 Å². The molecule has 60 heteroatoms. The van der Waals surface area contributed by atoms with Crippen molar-refractivity contribution in [2.24, 2.45) is 5.92 Å². The molecule has 7 aliphatic rings. The Balaban J connectivity index is 1.21. The fourth-order valence-corrected chi connectivity index (χ4v) is 16.3. The predicted octanol–water partition coefficient (Wildman–Crippen LogP) is -0.993. The summed E-state index contributed by atoms with van der Waals surface area (Å²) in [6, 6.07) is -1.73. The minimum Gasteiger partial charge on any atom is -0.479 e. The molecule has 0 bridgehead atoms. The van der Waals surface area contributed by atoms with Crippen molar-refractivity contribution in [2.45, 2.75) is 197 Å². The van der Waals surface area contributed by atoms with E-state index in [1.807, 2.05) is 0 Å². The summed E-state index contributed by atoms with van der Waals surface area (Å²) >= 11 is 1.09. The number of fused-ring (bicyclic) bond motifs is 1. The van der Waals surface area contributed by atoms with Gasteiger partial charge in [0.1, 0.15) is 79.4 Å². The number of thioether (sulfide) groups is 1. The average molecular weight is 1720 g/mol. The number of carbonyl (C=O) groups is 4. The highest BCUT2D eigenvalue weighted by atomic mass is 32.3. The van der Waals surface area contributed by atoms with Gasteiger partial charge >= 0.3 is 38.8 Å². The third-order valence-corrected chi connectivity index (χ3v) is 21.2. The highest BCUT2D eigenvalue weighted by molar-refractivity contribution is 8.00. The second-order valence-corrected chi connectivity index (χ2v) is 28.4. The van der Waals surface area contributed by atoms with Crippen LogP contribution in [0.25, 0.3) is 0 Å². The van der Waals surface area contributed by atoms with E-state index in [0.717, 1.165) is 35.5 Å².